The minimum atomic E-state index is -0.700. The second-order valence-corrected chi connectivity index (χ2v) is 5.19. The lowest BCUT2D eigenvalue weighted by atomic mass is 9.98. The molecule has 1 aromatic rings. The van der Waals surface area contributed by atoms with Gasteiger partial charge < -0.3 is 5.32 Å². The van der Waals surface area contributed by atoms with Gasteiger partial charge in [0.25, 0.3) is 0 Å². The lowest BCUT2D eigenvalue weighted by Crippen LogP contribution is -2.45. The van der Waals surface area contributed by atoms with Gasteiger partial charge in [-0.25, -0.2) is 8.78 Å². The molecule has 0 aliphatic carbocycles. The number of nitrogens with one attached hydrogen (secondary N) is 1. The molecule has 1 aliphatic heterocycles. The van der Waals surface area contributed by atoms with Gasteiger partial charge in [0.15, 0.2) is 11.6 Å². The van der Waals surface area contributed by atoms with Crippen LogP contribution in [0.15, 0.2) is 12.1 Å². The van der Waals surface area contributed by atoms with Crippen molar-refractivity contribution in [3.05, 3.63) is 34.9 Å². The molecule has 122 valence electrons. The van der Waals surface area contributed by atoms with Crippen LogP contribution in [0.2, 0.25) is 0 Å². The molecule has 2 nitrogen and oxygen atoms in total. The second kappa shape index (κ2) is 9.57. The highest BCUT2D eigenvalue weighted by atomic mass is 35.5. The standard InChI is InChI=1S/C15H22F2N2.2ClH/c1-3-4-13(19-9-7-18-8-10-19)12-6-5-11(2)14(16)15(12)17;;/h5-6,13,18H,3-4,7-10H2,1-2H3;2*1H/t13-;;/m1../s1. The molecule has 6 heteroatoms. The van der Waals surface area contributed by atoms with Crippen molar-refractivity contribution in [3.8, 4) is 0 Å². The monoisotopic (exact) mass is 340 g/mol. The molecule has 21 heavy (non-hydrogen) atoms. The van der Waals surface area contributed by atoms with Crippen molar-refractivity contribution >= 4 is 24.8 Å². The molecule has 0 saturated carbocycles. The van der Waals surface area contributed by atoms with E-state index in [1.165, 1.54) is 0 Å². The normalized spacial score (nSPS) is 16.8. The fraction of sp³-hybridized carbons (Fsp3) is 0.600. The van der Waals surface area contributed by atoms with E-state index in [2.05, 4.69) is 17.1 Å². The van der Waals surface area contributed by atoms with Crippen LogP contribution in [0.4, 0.5) is 8.78 Å². The zero-order valence-corrected chi connectivity index (χ0v) is 14.1. The maximum absolute atomic E-state index is 14.2. The number of hydrogen-bond donors (Lipinski definition) is 1. The fourth-order valence-corrected chi connectivity index (χ4v) is 2.72. The second-order valence-electron chi connectivity index (χ2n) is 5.19. The van der Waals surface area contributed by atoms with Crippen molar-refractivity contribution in [3.63, 3.8) is 0 Å². The average molecular weight is 341 g/mol. The summed E-state index contributed by atoms with van der Waals surface area (Å²) in [6, 6.07) is 3.41. The molecule has 0 aromatic heterocycles. The van der Waals surface area contributed by atoms with Crippen LogP contribution in [0.1, 0.15) is 36.9 Å². The van der Waals surface area contributed by atoms with Crippen molar-refractivity contribution in [1.82, 2.24) is 10.2 Å². The summed E-state index contributed by atoms with van der Waals surface area (Å²) in [6.07, 6.45) is 1.82. The Balaban J connectivity index is 0.00000200. The third kappa shape index (κ3) is 4.78. The highest BCUT2D eigenvalue weighted by molar-refractivity contribution is 5.85. The Bertz CT molecular complexity index is 438. The van der Waals surface area contributed by atoms with Crippen molar-refractivity contribution in [2.45, 2.75) is 32.7 Å². The van der Waals surface area contributed by atoms with Crippen LogP contribution in [-0.2, 0) is 0 Å². The Kier molecular flexibility index (Phi) is 9.38. The average Bonchev–Trinajstić information content (AvgIpc) is 2.44. The van der Waals surface area contributed by atoms with Gasteiger partial charge in [-0.15, -0.1) is 24.8 Å². The van der Waals surface area contributed by atoms with Gasteiger partial charge in [-0.05, 0) is 18.9 Å². The summed E-state index contributed by atoms with van der Waals surface area (Å²) in [6.45, 7) is 7.28. The lowest BCUT2D eigenvalue weighted by Gasteiger charge is -2.35. The first kappa shape index (κ1) is 20.6. The van der Waals surface area contributed by atoms with Crippen LogP contribution in [0.25, 0.3) is 0 Å². The maximum atomic E-state index is 14.2. The van der Waals surface area contributed by atoms with Gasteiger partial charge in [0.05, 0.1) is 0 Å². The van der Waals surface area contributed by atoms with Gasteiger partial charge in [-0.2, -0.15) is 0 Å². The van der Waals surface area contributed by atoms with E-state index in [0.29, 0.717) is 11.1 Å². The summed E-state index contributed by atoms with van der Waals surface area (Å²) < 4.78 is 27.9. The van der Waals surface area contributed by atoms with Crippen LogP contribution < -0.4 is 5.32 Å². The number of benzene rings is 1. The number of halogens is 4. The van der Waals surface area contributed by atoms with Crippen molar-refractivity contribution < 1.29 is 8.78 Å². The Morgan fingerprint density at radius 3 is 2.33 bits per heavy atom. The molecule has 0 spiro atoms. The first-order valence-corrected chi connectivity index (χ1v) is 7.04. The zero-order valence-electron chi connectivity index (χ0n) is 12.5. The molecular weight excluding hydrogens is 317 g/mol. The topological polar surface area (TPSA) is 15.3 Å². The van der Waals surface area contributed by atoms with E-state index in [-0.39, 0.29) is 30.9 Å². The molecule has 1 saturated heterocycles. The van der Waals surface area contributed by atoms with E-state index in [9.17, 15) is 8.78 Å². The molecule has 1 N–H and O–H groups in total. The van der Waals surface area contributed by atoms with E-state index in [0.717, 1.165) is 39.0 Å². The molecule has 1 heterocycles. The molecule has 0 unspecified atom stereocenters. The summed E-state index contributed by atoms with van der Waals surface area (Å²) in [5.41, 5.74) is 0.878. The van der Waals surface area contributed by atoms with Crippen LogP contribution in [0.3, 0.4) is 0 Å². The quantitative estimate of drug-likeness (QED) is 0.895. The van der Waals surface area contributed by atoms with Crippen LogP contribution in [-0.4, -0.2) is 31.1 Å². The Hall–Kier alpha value is -0.420. The minimum absolute atomic E-state index is 0. The SMILES string of the molecule is CCC[C@H](c1ccc(C)c(F)c1F)N1CCNCC1.Cl.Cl. The Morgan fingerprint density at radius 2 is 1.76 bits per heavy atom. The number of piperazine rings is 1. The van der Waals surface area contributed by atoms with Crippen LogP contribution >= 0.6 is 24.8 Å². The van der Waals surface area contributed by atoms with E-state index in [4.69, 9.17) is 0 Å². The van der Waals surface area contributed by atoms with Gasteiger partial charge in [0.2, 0.25) is 0 Å². The van der Waals surface area contributed by atoms with Gasteiger partial charge in [0, 0.05) is 37.8 Å². The van der Waals surface area contributed by atoms with E-state index >= 15 is 0 Å². The molecule has 1 aliphatic rings. The van der Waals surface area contributed by atoms with Gasteiger partial charge in [-0.1, -0.05) is 25.5 Å². The third-order valence-electron chi connectivity index (χ3n) is 3.82. The number of hydrogen-bond acceptors (Lipinski definition) is 2. The number of nitrogens with zero attached hydrogens (tertiary/aromatic N) is 1. The molecular formula is C15H24Cl2F2N2. The predicted octanol–water partition coefficient (Wildman–Crippen LogP) is 3.86. The summed E-state index contributed by atoms with van der Waals surface area (Å²) in [5, 5.41) is 3.29. The summed E-state index contributed by atoms with van der Waals surface area (Å²) >= 11 is 0. The summed E-state index contributed by atoms with van der Waals surface area (Å²) in [7, 11) is 0. The summed E-state index contributed by atoms with van der Waals surface area (Å²) in [4.78, 5) is 2.26. The van der Waals surface area contributed by atoms with E-state index in [1.807, 2.05) is 0 Å². The third-order valence-corrected chi connectivity index (χ3v) is 3.82. The predicted molar refractivity (Wildman–Crippen MR) is 87.7 cm³/mol. The highest BCUT2D eigenvalue weighted by Gasteiger charge is 2.25. The smallest absolute Gasteiger partial charge is 0.163 e. The minimum Gasteiger partial charge on any atom is -0.314 e. The Labute approximate surface area is 138 Å². The van der Waals surface area contributed by atoms with E-state index < -0.39 is 11.6 Å². The highest BCUT2D eigenvalue weighted by Crippen LogP contribution is 2.30. The molecule has 0 amide bonds. The van der Waals surface area contributed by atoms with Crippen molar-refractivity contribution in [2.24, 2.45) is 0 Å². The van der Waals surface area contributed by atoms with Gasteiger partial charge in [-0.3, -0.25) is 4.90 Å². The first-order valence-electron chi connectivity index (χ1n) is 7.04. The molecule has 1 atom stereocenters. The van der Waals surface area contributed by atoms with Gasteiger partial charge >= 0.3 is 0 Å². The number of rotatable bonds is 4. The zero-order chi connectivity index (χ0) is 13.8. The van der Waals surface area contributed by atoms with Gasteiger partial charge in [0.1, 0.15) is 0 Å². The van der Waals surface area contributed by atoms with E-state index in [1.54, 1.807) is 19.1 Å². The molecule has 1 aromatic carbocycles. The van der Waals surface area contributed by atoms with Crippen molar-refractivity contribution in [1.29, 1.82) is 0 Å². The molecule has 0 bridgehead atoms. The number of aryl methyl sites for hydroxylation is 1. The van der Waals surface area contributed by atoms with Crippen LogP contribution in [0, 0.1) is 18.6 Å². The molecule has 1 fully saturated rings. The van der Waals surface area contributed by atoms with Crippen molar-refractivity contribution in [2.75, 3.05) is 26.2 Å². The fourth-order valence-electron chi connectivity index (χ4n) is 2.72. The molecule has 0 radical (unpaired) electrons. The maximum Gasteiger partial charge on any atom is 0.163 e. The first-order chi connectivity index (χ1) is 9.15. The lowest BCUT2D eigenvalue weighted by molar-refractivity contribution is 0.160. The largest absolute Gasteiger partial charge is 0.314 e. The molecule has 2 rings (SSSR count). The van der Waals surface area contributed by atoms with Crippen LogP contribution in [0.5, 0.6) is 0 Å². The summed E-state index contributed by atoms with van der Waals surface area (Å²) in [5.74, 6) is -1.37. The Morgan fingerprint density at radius 1 is 1.14 bits per heavy atom.